The van der Waals surface area contributed by atoms with Gasteiger partial charge in [0.1, 0.15) is 17.4 Å². The van der Waals surface area contributed by atoms with E-state index in [-0.39, 0.29) is 22.5 Å². The number of nitrogens with zero attached hydrogens (tertiary/aromatic N) is 3. The first kappa shape index (κ1) is 13.4. The molecule has 1 aliphatic rings. The van der Waals surface area contributed by atoms with Crippen LogP contribution in [0.25, 0.3) is 22.1 Å². The number of anilines is 1. The Labute approximate surface area is 124 Å². The van der Waals surface area contributed by atoms with Gasteiger partial charge in [0.05, 0.1) is 5.39 Å². The molecule has 1 aromatic carbocycles. The summed E-state index contributed by atoms with van der Waals surface area (Å²) in [6.45, 7) is 1.45. The molecule has 22 heavy (non-hydrogen) atoms. The van der Waals surface area contributed by atoms with Crippen LogP contribution in [0.2, 0.25) is 0 Å². The van der Waals surface area contributed by atoms with Crippen molar-refractivity contribution in [1.29, 1.82) is 0 Å². The molecule has 0 saturated carbocycles. The highest BCUT2D eigenvalue weighted by Gasteiger charge is 2.24. The van der Waals surface area contributed by atoms with Crippen LogP contribution in [0.15, 0.2) is 22.9 Å². The molecule has 1 saturated heterocycles. The summed E-state index contributed by atoms with van der Waals surface area (Å²) in [6, 6.07) is 2.52. The molecule has 0 radical (unpaired) electrons. The maximum atomic E-state index is 14.1. The Balaban J connectivity index is 1.95. The summed E-state index contributed by atoms with van der Waals surface area (Å²) in [4.78, 5) is 10.3. The van der Waals surface area contributed by atoms with Gasteiger partial charge in [-0.2, -0.15) is 0 Å². The Kier molecular flexibility index (Phi) is 2.97. The molecule has 0 spiro atoms. The number of furan rings is 1. The number of aromatic nitrogens is 2. The van der Waals surface area contributed by atoms with E-state index in [9.17, 15) is 8.78 Å². The number of benzene rings is 1. The van der Waals surface area contributed by atoms with E-state index in [1.165, 1.54) is 12.4 Å². The van der Waals surface area contributed by atoms with Crippen LogP contribution in [-0.2, 0) is 0 Å². The number of fused-ring (bicyclic) bond motifs is 3. The molecule has 2 N–H and O–H groups in total. The molecule has 2 aromatic heterocycles. The molecular formula is C15H14F2N4O. The van der Waals surface area contributed by atoms with Crippen LogP contribution < -0.4 is 10.6 Å². The van der Waals surface area contributed by atoms with Crippen molar-refractivity contribution in [2.75, 3.05) is 18.0 Å². The highest BCUT2D eigenvalue weighted by molar-refractivity contribution is 6.05. The monoisotopic (exact) mass is 304 g/mol. The smallest absolute Gasteiger partial charge is 0.196 e. The first-order valence-electron chi connectivity index (χ1n) is 7.17. The molecule has 3 heterocycles. The van der Waals surface area contributed by atoms with Gasteiger partial charge in [-0.05, 0) is 25.0 Å². The van der Waals surface area contributed by atoms with Crippen LogP contribution >= 0.6 is 0 Å². The molecular weight excluding hydrogens is 290 g/mol. The summed E-state index contributed by atoms with van der Waals surface area (Å²) in [5, 5.41) is 0.0555. The first-order valence-corrected chi connectivity index (χ1v) is 7.17. The molecule has 1 atom stereocenters. The van der Waals surface area contributed by atoms with E-state index >= 15 is 0 Å². The van der Waals surface area contributed by atoms with Gasteiger partial charge in [-0.25, -0.2) is 18.7 Å². The summed E-state index contributed by atoms with van der Waals surface area (Å²) in [5.41, 5.74) is 6.92. The third-order valence-corrected chi connectivity index (χ3v) is 4.05. The number of hydrogen-bond donors (Lipinski definition) is 1. The van der Waals surface area contributed by atoms with E-state index in [1.54, 1.807) is 0 Å². The second kappa shape index (κ2) is 4.88. The third kappa shape index (κ3) is 1.93. The van der Waals surface area contributed by atoms with E-state index < -0.39 is 11.6 Å². The highest BCUT2D eigenvalue weighted by atomic mass is 19.2. The van der Waals surface area contributed by atoms with Crippen LogP contribution in [0.5, 0.6) is 0 Å². The van der Waals surface area contributed by atoms with Crippen molar-refractivity contribution in [3.8, 4) is 0 Å². The normalized spacial score (nSPS) is 19.2. The van der Waals surface area contributed by atoms with Gasteiger partial charge >= 0.3 is 0 Å². The number of hydrogen-bond acceptors (Lipinski definition) is 5. The van der Waals surface area contributed by atoms with E-state index in [2.05, 4.69) is 9.97 Å². The zero-order valence-corrected chi connectivity index (χ0v) is 11.7. The second-order valence-corrected chi connectivity index (χ2v) is 5.56. The van der Waals surface area contributed by atoms with Gasteiger partial charge in [-0.3, -0.25) is 0 Å². The van der Waals surface area contributed by atoms with Crippen molar-refractivity contribution in [2.24, 2.45) is 5.73 Å². The van der Waals surface area contributed by atoms with Gasteiger partial charge in [0, 0.05) is 19.1 Å². The predicted octanol–water partition coefficient (Wildman–Crippen LogP) is 2.58. The van der Waals surface area contributed by atoms with Gasteiger partial charge < -0.3 is 15.1 Å². The lowest BCUT2D eigenvalue weighted by molar-refractivity contribution is 0.501. The summed E-state index contributed by atoms with van der Waals surface area (Å²) in [7, 11) is 0. The lowest BCUT2D eigenvalue weighted by atomic mass is 10.1. The third-order valence-electron chi connectivity index (χ3n) is 4.05. The van der Waals surface area contributed by atoms with Crippen LogP contribution in [0, 0.1) is 11.6 Å². The maximum Gasteiger partial charge on any atom is 0.196 e. The van der Waals surface area contributed by atoms with Crippen LogP contribution in [0.3, 0.4) is 0 Å². The minimum atomic E-state index is -0.948. The van der Waals surface area contributed by atoms with E-state index in [1.807, 2.05) is 4.90 Å². The Morgan fingerprint density at radius 1 is 1.27 bits per heavy atom. The topological polar surface area (TPSA) is 68.2 Å². The fourth-order valence-electron chi connectivity index (χ4n) is 3.01. The lowest BCUT2D eigenvalue weighted by Gasteiger charge is -2.31. The molecule has 0 bridgehead atoms. The molecule has 0 unspecified atom stereocenters. The van der Waals surface area contributed by atoms with Crippen LogP contribution in [0.1, 0.15) is 12.8 Å². The summed E-state index contributed by atoms with van der Waals surface area (Å²) in [5.74, 6) is -1.29. The standard InChI is InChI=1S/C15H14F2N4O/c16-9-3-4-10-11(12(9)17)13-14(22-10)15(20-7-19-13)21-5-1-2-8(18)6-21/h3-4,7-8H,1-2,5-6,18H2/t8-/m0/s1. The molecule has 114 valence electrons. The highest BCUT2D eigenvalue weighted by Crippen LogP contribution is 2.35. The summed E-state index contributed by atoms with van der Waals surface area (Å²) in [6.07, 6.45) is 3.26. The zero-order chi connectivity index (χ0) is 15.3. The SMILES string of the molecule is N[C@H]1CCCN(c2ncnc3c2oc2ccc(F)c(F)c23)C1. The van der Waals surface area contributed by atoms with E-state index in [0.717, 1.165) is 25.5 Å². The largest absolute Gasteiger partial charge is 0.450 e. The van der Waals surface area contributed by atoms with Crippen molar-refractivity contribution in [3.05, 3.63) is 30.1 Å². The van der Waals surface area contributed by atoms with Crippen LogP contribution in [0.4, 0.5) is 14.6 Å². The zero-order valence-electron chi connectivity index (χ0n) is 11.7. The molecule has 0 aliphatic carbocycles. The number of rotatable bonds is 1. The average molecular weight is 304 g/mol. The van der Waals surface area contributed by atoms with E-state index in [0.29, 0.717) is 17.9 Å². The maximum absolute atomic E-state index is 14.1. The quantitative estimate of drug-likeness (QED) is 0.748. The Morgan fingerprint density at radius 3 is 2.95 bits per heavy atom. The van der Waals surface area contributed by atoms with Crippen molar-refractivity contribution in [3.63, 3.8) is 0 Å². The molecule has 7 heteroatoms. The minimum absolute atomic E-state index is 0.0555. The molecule has 0 amide bonds. The molecule has 1 fully saturated rings. The summed E-state index contributed by atoms with van der Waals surface area (Å²) < 4.78 is 33.2. The van der Waals surface area contributed by atoms with Gasteiger partial charge in [-0.15, -0.1) is 0 Å². The predicted molar refractivity (Wildman–Crippen MR) is 78.6 cm³/mol. The molecule has 4 rings (SSSR count). The van der Waals surface area contributed by atoms with Crippen molar-refractivity contribution >= 4 is 27.9 Å². The Bertz CT molecular complexity index is 863. The van der Waals surface area contributed by atoms with Gasteiger partial charge in [0.25, 0.3) is 0 Å². The fraction of sp³-hybridized carbons (Fsp3) is 0.333. The summed E-state index contributed by atoms with van der Waals surface area (Å²) >= 11 is 0. The molecule has 3 aromatic rings. The Morgan fingerprint density at radius 2 is 2.14 bits per heavy atom. The van der Waals surface area contributed by atoms with Gasteiger partial charge in [0.15, 0.2) is 23.0 Å². The first-order chi connectivity index (χ1) is 10.6. The molecule has 5 nitrogen and oxygen atoms in total. The fourth-order valence-corrected chi connectivity index (χ4v) is 3.01. The van der Waals surface area contributed by atoms with Crippen molar-refractivity contribution in [2.45, 2.75) is 18.9 Å². The minimum Gasteiger partial charge on any atom is -0.450 e. The van der Waals surface area contributed by atoms with E-state index in [4.69, 9.17) is 10.2 Å². The second-order valence-electron chi connectivity index (χ2n) is 5.56. The average Bonchev–Trinajstić information content (AvgIpc) is 2.90. The number of halogens is 2. The van der Waals surface area contributed by atoms with Crippen LogP contribution in [-0.4, -0.2) is 29.1 Å². The Hall–Kier alpha value is -2.28. The van der Waals surface area contributed by atoms with Crippen molar-refractivity contribution < 1.29 is 13.2 Å². The van der Waals surface area contributed by atoms with Crippen molar-refractivity contribution in [1.82, 2.24) is 9.97 Å². The lowest BCUT2D eigenvalue weighted by Crippen LogP contribution is -2.43. The van der Waals surface area contributed by atoms with Gasteiger partial charge in [0.2, 0.25) is 0 Å². The molecule has 1 aliphatic heterocycles. The van der Waals surface area contributed by atoms with Gasteiger partial charge in [-0.1, -0.05) is 0 Å². The number of nitrogens with two attached hydrogens (primary N) is 1. The number of piperidine rings is 1.